The van der Waals surface area contributed by atoms with Crippen LogP contribution in [-0.4, -0.2) is 4.98 Å². The normalized spacial score (nSPS) is 18.8. The van der Waals surface area contributed by atoms with Crippen LogP contribution in [-0.2, 0) is 6.42 Å². The Morgan fingerprint density at radius 2 is 2.40 bits per heavy atom. The summed E-state index contributed by atoms with van der Waals surface area (Å²) < 4.78 is 0. The number of nitrogens with zero attached hydrogens (tertiary/aromatic N) is 1. The number of anilines is 1. The molecule has 0 fully saturated rings. The van der Waals surface area contributed by atoms with Gasteiger partial charge >= 0.3 is 0 Å². The monoisotopic (exact) mass is 216 g/mol. The number of nitrogens with one attached hydrogen (secondary N) is 1. The number of thiophene rings is 1. The predicted octanol–water partition coefficient (Wildman–Crippen LogP) is 3.24. The predicted molar refractivity (Wildman–Crippen MR) is 63.2 cm³/mol. The first kappa shape index (κ1) is 8.92. The summed E-state index contributed by atoms with van der Waals surface area (Å²) in [6.45, 7) is 0. The van der Waals surface area contributed by atoms with E-state index in [-0.39, 0.29) is 0 Å². The van der Waals surface area contributed by atoms with Gasteiger partial charge in [0.25, 0.3) is 0 Å². The maximum Gasteiger partial charge on any atom is 0.0691 e. The SMILES string of the molecule is c1cnc2c(c1)CCC2Nc1ccsc1. The zero-order valence-corrected chi connectivity index (χ0v) is 9.13. The van der Waals surface area contributed by atoms with Crippen LogP contribution in [0.15, 0.2) is 35.2 Å². The summed E-state index contributed by atoms with van der Waals surface area (Å²) in [5, 5.41) is 7.76. The molecule has 0 aliphatic heterocycles. The van der Waals surface area contributed by atoms with Gasteiger partial charge in [-0.3, -0.25) is 4.98 Å². The minimum atomic E-state index is 0.399. The van der Waals surface area contributed by atoms with Crippen LogP contribution < -0.4 is 5.32 Å². The standard InChI is InChI=1S/C12H12N2S/c1-2-9-3-4-11(12(9)13-6-1)14-10-5-7-15-8-10/h1-2,5-8,11,14H,3-4H2. The molecule has 2 nitrogen and oxygen atoms in total. The molecule has 3 rings (SSSR count). The number of aromatic nitrogens is 1. The average molecular weight is 216 g/mol. The minimum absolute atomic E-state index is 0.399. The molecule has 1 atom stereocenters. The van der Waals surface area contributed by atoms with Crippen molar-refractivity contribution >= 4 is 17.0 Å². The van der Waals surface area contributed by atoms with Gasteiger partial charge in [0.15, 0.2) is 0 Å². The van der Waals surface area contributed by atoms with Crippen LogP contribution >= 0.6 is 11.3 Å². The van der Waals surface area contributed by atoms with Gasteiger partial charge in [0.2, 0.25) is 0 Å². The van der Waals surface area contributed by atoms with E-state index in [1.165, 1.54) is 16.9 Å². The molecule has 76 valence electrons. The molecule has 1 aliphatic carbocycles. The van der Waals surface area contributed by atoms with Gasteiger partial charge in [-0.15, -0.1) is 0 Å². The van der Waals surface area contributed by atoms with Crippen molar-refractivity contribution in [2.45, 2.75) is 18.9 Å². The van der Waals surface area contributed by atoms with Crippen molar-refractivity contribution < 1.29 is 0 Å². The third-order valence-corrected chi connectivity index (χ3v) is 3.50. The summed E-state index contributed by atoms with van der Waals surface area (Å²) in [5.74, 6) is 0. The zero-order chi connectivity index (χ0) is 10.1. The maximum atomic E-state index is 4.46. The maximum absolute atomic E-state index is 4.46. The van der Waals surface area contributed by atoms with Gasteiger partial charge in [0, 0.05) is 17.3 Å². The van der Waals surface area contributed by atoms with Crippen molar-refractivity contribution in [3.63, 3.8) is 0 Å². The number of hydrogen-bond donors (Lipinski definition) is 1. The molecule has 1 aliphatic rings. The third-order valence-electron chi connectivity index (χ3n) is 2.82. The number of pyridine rings is 1. The smallest absolute Gasteiger partial charge is 0.0691 e. The van der Waals surface area contributed by atoms with Crippen LogP contribution in [0, 0.1) is 0 Å². The lowest BCUT2D eigenvalue weighted by Gasteiger charge is -2.12. The highest BCUT2D eigenvalue weighted by atomic mass is 32.1. The van der Waals surface area contributed by atoms with Crippen molar-refractivity contribution in [1.82, 2.24) is 4.98 Å². The first-order chi connectivity index (χ1) is 7.43. The second kappa shape index (κ2) is 3.66. The Hall–Kier alpha value is -1.35. The lowest BCUT2D eigenvalue weighted by molar-refractivity contribution is 0.746. The van der Waals surface area contributed by atoms with E-state index in [1.807, 2.05) is 12.3 Å². The fraction of sp³-hybridized carbons (Fsp3) is 0.250. The summed E-state index contributed by atoms with van der Waals surface area (Å²) in [4.78, 5) is 4.46. The molecular formula is C12H12N2S. The largest absolute Gasteiger partial charge is 0.376 e. The van der Waals surface area contributed by atoms with Crippen molar-refractivity contribution in [1.29, 1.82) is 0 Å². The first-order valence-electron chi connectivity index (χ1n) is 5.16. The van der Waals surface area contributed by atoms with Crippen molar-refractivity contribution in [3.05, 3.63) is 46.4 Å². The molecular weight excluding hydrogens is 204 g/mol. The Labute approximate surface area is 93.0 Å². The van der Waals surface area contributed by atoms with Crippen LogP contribution in [0.3, 0.4) is 0 Å². The molecule has 2 aromatic rings. The summed E-state index contributed by atoms with van der Waals surface area (Å²) in [6.07, 6.45) is 4.18. The van der Waals surface area contributed by atoms with Gasteiger partial charge in [-0.2, -0.15) is 11.3 Å². The Morgan fingerprint density at radius 1 is 1.40 bits per heavy atom. The van der Waals surface area contributed by atoms with Crippen molar-refractivity contribution in [2.24, 2.45) is 0 Å². The second-order valence-electron chi connectivity index (χ2n) is 3.80. The molecule has 3 heteroatoms. The molecule has 0 saturated heterocycles. The molecule has 0 aromatic carbocycles. The van der Waals surface area contributed by atoms with E-state index < -0.39 is 0 Å². The van der Waals surface area contributed by atoms with Gasteiger partial charge in [-0.1, -0.05) is 6.07 Å². The number of fused-ring (bicyclic) bond motifs is 1. The van der Waals surface area contributed by atoms with E-state index in [9.17, 15) is 0 Å². The van der Waals surface area contributed by atoms with Gasteiger partial charge in [0.05, 0.1) is 11.7 Å². The molecule has 1 unspecified atom stereocenters. The Balaban J connectivity index is 1.85. The van der Waals surface area contributed by atoms with E-state index >= 15 is 0 Å². The molecule has 2 heterocycles. The minimum Gasteiger partial charge on any atom is -0.376 e. The summed E-state index contributed by atoms with van der Waals surface area (Å²) in [6, 6.07) is 6.71. The lowest BCUT2D eigenvalue weighted by atomic mass is 10.2. The zero-order valence-electron chi connectivity index (χ0n) is 8.31. The fourth-order valence-corrected chi connectivity index (χ4v) is 2.70. The lowest BCUT2D eigenvalue weighted by Crippen LogP contribution is -2.07. The van der Waals surface area contributed by atoms with E-state index in [0.717, 1.165) is 12.8 Å². The van der Waals surface area contributed by atoms with Crippen LogP contribution in [0.25, 0.3) is 0 Å². The fourth-order valence-electron chi connectivity index (χ4n) is 2.10. The van der Waals surface area contributed by atoms with Gasteiger partial charge in [-0.25, -0.2) is 0 Å². The van der Waals surface area contributed by atoms with Crippen LogP contribution in [0.4, 0.5) is 5.69 Å². The molecule has 0 spiro atoms. The molecule has 0 saturated carbocycles. The topological polar surface area (TPSA) is 24.9 Å². The van der Waals surface area contributed by atoms with Crippen molar-refractivity contribution in [3.8, 4) is 0 Å². The van der Waals surface area contributed by atoms with Gasteiger partial charge < -0.3 is 5.32 Å². The van der Waals surface area contributed by atoms with E-state index in [2.05, 4.69) is 33.2 Å². The van der Waals surface area contributed by atoms with Crippen LogP contribution in [0.1, 0.15) is 23.7 Å². The Kier molecular flexibility index (Phi) is 2.18. The van der Waals surface area contributed by atoms with E-state index in [1.54, 1.807) is 11.3 Å². The highest BCUT2D eigenvalue weighted by Gasteiger charge is 2.22. The van der Waals surface area contributed by atoms with Gasteiger partial charge in [0.1, 0.15) is 0 Å². The first-order valence-corrected chi connectivity index (χ1v) is 6.10. The molecule has 15 heavy (non-hydrogen) atoms. The van der Waals surface area contributed by atoms with Crippen LogP contribution in [0.2, 0.25) is 0 Å². The highest BCUT2D eigenvalue weighted by molar-refractivity contribution is 7.08. The van der Waals surface area contributed by atoms with Crippen LogP contribution in [0.5, 0.6) is 0 Å². The third kappa shape index (κ3) is 1.63. The summed E-state index contributed by atoms with van der Waals surface area (Å²) >= 11 is 1.72. The number of aryl methyl sites for hydroxylation is 1. The van der Waals surface area contributed by atoms with E-state index in [0.29, 0.717) is 6.04 Å². The Morgan fingerprint density at radius 3 is 3.27 bits per heavy atom. The molecule has 0 bridgehead atoms. The highest BCUT2D eigenvalue weighted by Crippen LogP contribution is 2.32. The second-order valence-corrected chi connectivity index (χ2v) is 4.58. The molecule has 0 radical (unpaired) electrons. The molecule has 0 amide bonds. The summed E-state index contributed by atoms with van der Waals surface area (Å²) in [5.41, 5.74) is 3.83. The van der Waals surface area contributed by atoms with Crippen molar-refractivity contribution in [2.75, 3.05) is 5.32 Å². The average Bonchev–Trinajstić information content (AvgIpc) is 2.89. The number of hydrogen-bond acceptors (Lipinski definition) is 3. The number of rotatable bonds is 2. The van der Waals surface area contributed by atoms with E-state index in [4.69, 9.17) is 0 Å². The van der Waals surface area contributed by atoms with Gasteiger partial charge in [-0.05, 0) is 35.9 Å². The molecule has 1 N–H and O–H groups in total. The summed E-state index contributed by atoms with van der Waals surface area (Å²) in [7, 11) is 0. The molecule has 2 aromatic heterocycles. The quantitative estimate of drug-likeness (QED) is 0.833. The Bertz CT molecular complexity index is 450.